The van der Waals surface area contributed by atoms with Crippen molar-refractivity contribution in [2.45, 2.75) is 38.4 Å². The number of aryl methyl sites for hydroxylation is 1. The summed E-state index contributed by atoms with van der Waals surface area (Å²) in [7, 11) is 3.45. The van der Waals surface area contributed by atoms with Crippen LogP contribution >= 0.6 is 0 Å². The lowest BCUT2D eigenvalue weighted by Gasteiger charge is -2.26. The molecule has 152 valence electrons. The van der Waals surface area contributed by atoms with Gasteiger partial charge in [-0.1, -0.05) is 6.42 Å². The molecule has 1 N–H and O–H groups in total. The molecule has 7 nitrogen and oxygen atoms in total. The van der Waals surface area contributed by atoms with Crippen LogP contribution in [0.1, 0.15) is 30.5 Å². The third-order valence-corrected chi connectivity index (χ3v) is 5.05. The van der Waals surface area contributed by atoms with E-state index in [0.717, 1.165) is 23.5 Å². The number of alkyl halides is 3. The summed E-state index contributed by atoms with van der Waals surface area (Å²) < 4.78 is 39.7. The second-order valence-corrected chi connectivity index (χ2v) is 7.39. The van der Waals surface area contributed by atoms with Crippen LogP contribution in [0.2, 0.25) is 0 Å². The van der Waals surface area contributed by atoms with Crippen molar-refractivity contribution in [3.63, 3.8) is 0 Å². The van der Waals surface area contributed by atoms with Crippen LogP contribution in [0.15, 0.2) is 17.2 Å². The molecule has 2 heterocycles. The van der Waals surface area contributed by atoms with Crippen LogP contribution in [0, 0.1) is 18.8 Å². The number of hydrazone groups is 1. The number of fused-ring (bicyclic) bond motifs is 1. The van der Waals surface area contributed by atoms with E-state index < -0.39 is 23.7 Å². The number of nitrogens with zero attached hydrogens (tertiary/aromatic N) is 4. The summed E-state index contributed by atoms with van der Waals surface area (Å²) in [6.45, 7) is 1.43. The molecule has 1 aliphatic heterocycles. The van der Waals surface area contributed by atoms with E-state index in [0.29, 0.717) is 12.8 Å². The third-order valence-electron chi connectivity index (χ3n) is 5.05. The molecule has 10 heteroatoms. The van der Waals surface area contributed by atoms with Crippen molar-refractivity contribution in [3.8, 4) is 0 Å². The Labute approximate surface area is 160 Å². The molecule has 2 amide bonds. The van der Waals surface area contributed by atoms with Gasteiger partial charge in [0, 0.05) is 31.6 Å². The number of aromatic nitrogens is 1. The standard InChI is InChI=1S/C18H22F3N5O2/c1-10-7-11(18(19,20)21)8-14(23-10)26-15(16(27)24-22-9-25(2)3)12-5-4-6-13(12)17(26)28/h7-9,12-13,15H,4-6H2,1-3H3,(H,24,27). The number of pyridine rings is 1. The van der Waals surface area contributed by atoms with Gasteiger partial charge in [0.2, 0.25) is 5.91 Å². The van der Waals surface area contributed by atoms with Crippen molar-refractivity contribution in [1.29, 1.82) is 0 Å². The van der Waals surface area contributed by atoms with Gasteiger partial charge in [-0.15, -0.1) is 0 Å². The number of hydrogen-bond donors (Lipinski definition) is 1. The quantitative estimate of drug-likeness (QED) is 0.480. The molecule has 3 atom stereocenters. The minimum absolute atomic E-state index is 0.125. The van der Waals surface area contributed by atoms with Crippen molar-refractivity contribution in [1.82, 2.24) is 15.3 Å². The van der Waals surface area contributed by atoms with Crippen LogP contribution < -0.4 is 10.3 Å². The zero-order valence-electron chi connectivity index (χ0n) is 15.8. The predicted molar refractivity (Wildman–Crippen MR) is 96.4 cm³/mol. The molecule has 1 aromatic heterocycles. The van der Waals surface area contributed by atoms with E-state index in [1.54, 1.807) is 19.0 Å². The molecule has 0 spiro atoms. The molecule has 2 aliphatic rings. The highest BCUT2D eigenvalue weighted by Crippen LogP contribution is 2.45. The van der Waals surface area contributed by atoms with Gasteiger partial charge in [-0.2, -0.15) is 18.3 Å². The Bertz CT molecular complexity index is 809. The Morgan fingerprint density at radius 1 is 1.36 bits per heavy atom. The summed E-state index contributed by atoms with van der Waals surface area (Å²) >= 11 is 0. The summed E-state index contributed by atoms with van der Waals surface area (Å²) in [5.74, 6) is -1.68. The molecule has 0 aromatic carbocycles. The van der Waals surface area contributed by atoms with Gasteiger partial charge < -0.3 is 4.90 Å². The largest absolute Gasteiger partial charge is 0.416 e. The van der Waals surface area contributed by atoms with E-state index in [1.807, 2.05) is 0 Å². The van der Waals surface area contributed by atoms with Gasteiger partial charge in [0.15, 0.2) is 0 Å². The van der Waals surface area contributed by atoms with Crippen molar-refractivity contribution < 1.29 is 22.8 Å². The number of halogens is 3. The Morgan fingerprint density at radius 2 is 2.07 bits per heavy atom. The molecule has 1 aliphatic carbocycles. The van der Waals surface area contributed by atoms with E-state index >= 15 is 0 Å². The van der Waals surface area contributed by atoms with Crippen LogP contribution in [0.3, 0.4) is 0 Å². The molecule has 2 fully saturated rings. The van der Waals surface area contributed by atoms with Gasteiger partial charge in [-0.25, -0.2) is 10.4 Å². The van der Waals surface area contributed by atoms with Gasteiger partial charge >= 0.3 is 6.18 Å². The summed E-state index contributed by atoms with van der Waals surface area (Å²) in [4.78, 5) is 32.6. The highest BCUT2D eigenvalue weighted by atomic mass is 19.4. The minimum Gasteiger partial charge on any atom is -0.367 e. The molecule has 0 bridgehead atoms. The van der Waals surface area contributed by atoms with Crippen molar-refractivity contribution in [3.05, 3.63) is 23.4 Å². The lowest BCUT2D eigenvalue weighted by atomic mass is 9.93. The number of rotatable bonds is 4. The second-order valence-electron chi connectivity index (χ2n) is 7.39. The number of anilines is 1. The number of amides is 2. The van der Waals surface area contributed by atoms with E-state index in [2.05, 4.69) is 15.5 Å². The van der Waals surface area contributed by atoms with Crippen LogP contribution in [0.4, 0.5) is 19.0 Å². The van der Waals surface area contributed by atoms with E-state index in [9.17, 15) is 22.8 Å². The molecule has 1 saturated carbocycles. The molecule has 0 radical (unpaired) electrons. The van der Waals surface area contributed by atoms with Crippen molar-refractivity contribution in [2.75, 3.05) is 19.0 Å². The van der Waals surface area contributed by atoms with Crippen LogP contribution in [-0.2, 0) is 15.8 Å². The third kappa shape index (κ3) is 3.81. The number of nitrogens with one attached hydrogen (secondary N) is 1. The SMILES string of the molecule is Cc1cc(C(F)(F)F)cc(N2C(=O)C3CCCC3C2C(=O)NN=CN(C)C)n1. The minimum atomic E-state index is -4.57. The van der Waals surface area contributed by atoms with Crippen molar-refractivity contribution in [2.24, 2.45) is 16.9 Å². The average Bonchev–Trinajstić information content (AvgIpc) is 3.15. The fourth-order valence-corrected chi connectivity index (χ4v) is 3.96. The van der Waals surface area contributed by atoms with E-state index in [-0.39, 0.29) is 29.3 Å². The molecule has 3 rings (SSSR count). The summed E-state index contributed by atoms with van der Waals surface area (Å²) in [6.07, 6.45) is -1.12. The summed E-state index contributed by atoms with van der Waals surface area (Å²) in [5, 5.41) is 3.82. The van der Waals surface area contributed by atoms with Crippen LogP contribution in [-0.4, -0.2) is 48.2 Å². The Kier molecular flexibility index (Phi) is 5.31. The van der Waals surface area contributed by atoms with Crippen LogP contribution in [0.5, 0.6) is 0 Å². The first kappa shape index (κ1) is 20.1. The van der Waals surface area contributed by atoms with Gasteiger partial charge in [0.25, 0.3) is 5.91 Å². The molecule has 28 heavy (non-hydrogen) atoms. The molecular weight excluding hydrogens is 375 g/mol. The number of carbonyl (C=O) groups excluding carboxylic acids is 2. The first-order valence-corrected chi connectivity index (χ1v) is 8.98. The molecular formula is C18H22F3N5O2. The lowest BCUT2D eigenvalue weighted by molar-refractivity contribution is -0.137. The zero-order chi connectivity index (χ0) is 20.6. The molecule has 3 unspecified atom stereocenters. The van der Waals surface area contributed by atoms with E-state index in [1.165, 1.54) is 13.3 Å². The smallest absolute Gasteiger partial charge is 0.367 e. The monoisotopic (exact) mass is 397 g/mol. The normalized spacial score (nSPS) is 24.7. The maximum Gasteiger partial charge on any atom is 0.416 e. The maximum absolute atomic E-state index is 13.2. The predicted octanol–water partition coefficient (Wildman–Crippen LogP) is 2.16. The molecule has 1 aromatic rings. The Morgan fingerprint density at radius 3 is 2.71 bits per heavy atom. The van der Waals surface area contributed by atoms with Crippen LogP contribution in [0.25, 0.3) is 0 Å². The summed E-state index contributed by atoms with van der Waals surface area (Å²) in [5.41, 5.74) is 1.62. The first-order chi connectivity index (χ1) is 13.1. The van der Waals surface area contributed by atoms with Gasteiger partial charge in [0.1, 0.15) is 18.2 Å². The lowest BCUT2D eigenvalue weighted by Crippen LogP contribution is -2.46. The second kappa shape index (κ2) is 7.40. The fraction of sp³-hybridized carbons (Fsp3) is 0.556. The number of hydrogen-bond acceptors (Lipinski definition) is 4. The topological polar surface area (TPSA) is 77.9 Å². The summed E-state index contributed by atoms with van der Waals surface area (Å²) in [6, 6.07) is 0.811. The Balaban J connectivity index is 1.99. The van der Waals surface area contributed by atoms with Gasteiger partial charge in [0.05, 0.1) is 5.56 Å². The zero-order valence-corrected chi connectivity index (χ0v) is 15.8. The maximum atomic E-state index is 13.2. The highest BCUT2D eigenvalue weighted by molar-refractivity contribution is 6.05. The van der Waals surface area contributed by atoms with Gasteiger partial charge in [-0.05, 0) is 31.9 Å². The number of carbonyl (C=O) groups is 2. The average molecular weight is 397 g/mol. The molecule has 1 saturated heterocycles. The van der Waals surface area contributed by atoms with Gasteiger partial charge in [-0.3, -0.25) is 14.5 Å². The fourth-order valence-electron chi connectivity index (χ4n) is 3.96. The highest BCUT2D eigenvalue weighted by Gasteiger charge is 2.54. The van der Waals surface area contributed by atoms with E-state index in [4.69, 9.17) is 0 Å². The Hall–Kier alpha value is -2.65. The first-order valence-electron chi connectivity index (χ1n) is 8.98. The van der Waals surface area contributed by atoms with Crippen molar-refractivity contribution >= 4 is 24.0 Å².